The summed E-state index contributed by atoms with van der Waals surface area (Å²) in [6.45, 7) is 1.81. The zero-order chi connectivity index (χ0) is 12.6. The lowest BCUT2D eigenvalue weighted by molar-refractivity contribution is 0.0169. The molecule has 4 nitrogen and oxygen atoms in total. The lowest BCUT2D eigenvalue weighted by Gasteiger charge is -2.32. The molecule has 0 spiro atoms. The van der Waals surface area contributed by atoms with E-state index in [-0.39, 0.29) is 6.79 Å². The second kappa shape index (κ2) is 4.61. The molecular formula is C13H16ClNO3. The van der Waals surface area contributed by atoms with Gasteiger partial charge in [-0.15, -0.1) is 0 Å². The fraction of sp³-hybridized carbons (Fsp3) is 0.538. The molecule has 2 heterocycles. The standard InChI is InChI=1S/C13H16ClNO3/c14-10-4-9(5-11-12(10)18-8-17-11)6-13(16)2-1-3-15-7-13/h4-5,15-16H,1-3,6-8H2. The van der Waals surface area contributed by atoms with Crippen LogP contribution < -0.4 is 14.8 Å². The van der Waals surface area contributed by atoms with Crippen LogP contribution in [0.4, 0.5) is 0 Å². The maximum atomic E-state index is 10.5. The fourth-order valence-corrected chi connectivity index (χ4v) is 2.89. The van der Waals surface area contributed by atoms with Crippen LogP contribution >= 0.6 is 11.6 Å². The van der Waals surface area contributed by atoms with Gasteiger partial charge in [0.25, 0.3) is 0 Å². The van der Waals surface area contributed by atoms with Crippen LogP contribution in [0.5, 0.6) is 11.5 Å². The molecule has 0 bridgehead atoms. The summed E-state index contributed by atoms with van der Waals surface area (Å²) in [5, 5.41) is 14.3. The number of ether oxygens (including phenoxy) is 2. The average Bonchev–Trinajstić information content (AvgIpc) is 2.78. The number of aliphatic hydroxyl groups is 1. The molecule has 0 amide bonds. The van der Waals surface area contributed by atoms with E-state index in [0.29, 0.717) is 29.5 Å². The molecule has 18 heavy (non-hydrogen) atoms. The summed E-state index contributed by atoms with van der Waals surface area (Å²) in [6.07, 6.45) is 2.39. The van der Waals surface area contributed by atoms with Crippen LogP contribution in [0.15, 0.2) is 12.1 Å². The number of benzene rings is 1. The Hall–Kier alpha value is -0.970. The number of fused-ring (bicyclic) bond motifs is 1. The zero-order valence-corrected chi connectivity index (χ0v) is 10.8. The van der Waals surface area contributed by atoms with Crippen molar-refractivity contribution in [2.45, 2.75) is 24.9 Å². The normalized spacial score (nSPS) is 26.3. The van der Waals surface area contributed by atoms with Crippen molar-refractivity contribution in [1.29, 1.82) is 0 Å². The van der Waals surface area contributed by atoms with E-state index in [1.54, 1.807) is 0 Å². The summed E-state index contributed by atoms with van der Waals surface area (Å²) in [7, 11) is 0. The van der Waals surface area contributed by atoms with Crippen molar-refractivity contribution < 1.29 is 14.6 Å². The molecule has 98 valence electrons. The van der Waals surface area contributed by atoms with Crippen LogP contribution in [-0.4, -0.2) is 30.6 Å². The quantitative estimate of drug-likeness (QED) is 0.859. The van der Waals surface area contributed by atoms with Gasteiger partial charge in [-0.25, -0.2) is 0 Å². The van der Waals surface area contributed by atoms with Crippen LogP contribution in [0.25, 0.3) is 0 Å². The second-order valence-electron chi connectivity index (χ2n) is 4.99. The predicted molar refractivity (Wildman–Crippen MR) is 68.3 cm³/mol. The summed E-state index contributed by atoms with van der Waals surface area (Å²) < 4.78 is 10.6. The van der Waals surface area contributed by atoms with Crippen molar-refractivity contribution in [3.8, 4) is 11.5 Å². The Morgan fingerprint density at radius 3 is 3.06 bits per heavy atom. The third kappa shape index (κ3) is 2.28. The van der Waals surface area contributed by atoms with Gasteiger partial charge in [0.1, 0.15) is 0 Å². The first kappa shape index (κ1) is 12.1. The first-order valence-electron chi connectivity index (χ1n) is 6.17. The van der Waals surface area contributed by atoms with Crippen LogP contribution in [0, 0.1) is 0 Å². The summed E-state index contributed by atoms with van der Waals surface area (Å²) in [5.74, 6) is 1.28. The van der Waals surface area contributed by atoms with Crippen molar-refractivity contribution in [2.24, 2.45) is 0 Å². The van der Waals surface area contributed by atoms with Crippen molar-refractivity contribution >= 4 is 11.6 Å². The molecule has 0 aromatic heterocycles. The maximum absolute atomic E-state index is 10.5. The Morgan fingerprint density at radius 1 is 1.39 bits per heavy atom. The number of β-amino-alcohol motifs (C(OH)–C–C–N with tert-alkyl or cyclic N) is 1. The highest BCUT2D eigenvalue weighted by Crippen LogP contribution is 2.40. The van der Waals surface area contributed by atoms with Crippen LogP contribution in [0.3, 0.4) is 0 Å². The van der Waals surface area contributed by atoms with Crippen molar-refractivity contribution in [3.63, 3.8) is 0 Å². The van der Waals surface area contributed by atoms with Crippen LogP contribution in [-0.2, 0) is 6.42 Å². The Labute approximate surface area is 111 Å². The van der Waals surface area contributed by atoms with Crippen molar-refractivity contribution in [2.75, 3.05) is 19.9 Å². The summed E-state index contributed by atoms with van der Waals surface area (Å²) in [6, 6.07) is 3.75. The molecule has 1 aromatic rings. The average molecular weight is 270 g/mol. The van der Waals surface area contributed by atoms with Gasteiger partial charge in [-0.1, -0.05) is 11.6 Å². The van der Waals surface area contributed by atoms with Crippen LogP contribution in [0.2, 0.25) is 5.02 Å². The Balaban J connectivity index is 1.82. The monoisotopic (exact) mass is 269 g/mol. The molecule has 1 unspecified atom stereocenters. The van der Waals surface area contributed by atoms with E-state index in [1.807, 2.05) is 12.1 Å². The molecule has 1 atom stereocenters. The van der Waals surface area contributed by atoms with Crippen molar-refractivity contribution in [1.82, 2.24) is 5.32 Å². The molecule has 5 heteroatoms. The number of hydrogen-bond donors (Lipinski definition) is 2. The van der Waals surface area contributed by atoms with Gasteiger partial charge >= 0.3 is 0 Å². The molecule has 3 rings (SSSR count). The summed E-state index contributed by atoms with van der Waals surface area (Å²) >= 11 is 6.14. The molecule has 2 aliphatic heterocycles. The summed E-state index contributed by atoms with van der Waals surface area (Å²) in [5.41, 5.74) is 0.297. The number of halogens is 1. The van der Waals surface area contributed by atoms with E-state index in [2.05, 4.69) is 5.32 Å². The predicted octanol–water partition coefficient (Wildman–Crippen LogP) is 1.73. The van der Waals surface area contributed by atoms with E-state index in [0.717, 1.165) is 24.9 Å². The molecule has 0 aliphatic carbocycles. The van der Waals surface area contributed by atoms with Gasteiger partial charge in [0.05, 0.1) is 10.6 Å². The van der Waals surface area contributed by atoms with Gasteiger partial charge in [0, 0.05) is 13.0 Å². The highest BCUT2D eigenvalue weighted by atomic mass is 35.5. The minimum atomic E-state index is -0.685. The van der Waals surface area contributed by atoms with E-state index >= 15 is 0 Å². The molecule has 1 fully saturated rings. The molecule has 1 saturated heterocycles. The topological polar surface area (TPSA) is 50.7 Å². The van der Waals surface area contributed by atoms with Gasteiger partial charge in [-0.2, -0.15) is 0 Å². The van der Waals surface area contributed by atoms with Crippen LogP contribution in [0.1, 0.15) is 18.4 Å². The number of hydrogen-bond acceptors (Lipinski definition) is 4. The highest BCUT2D eigenvalue weighted by Gasteiger charge is 2.30. The van der Waals surface area contributed by atoms with Gasteiger partial charge in [-0.3, -0.25) is 0 Å². The van der Waals surface area contributed by atoms with Crippen molar-refractivity contribution in [3.05, 3.63) is 22.7 Å². The lowest BCUT2D eigenvalue weighted by atomic mass is 9.87. The summed E-state index contributed by atoms with van der Waals surface area (Å²) in [4.78, 5) is 0. The fourth-order valence-electron chi connectivity index (χ4n) is 2.61. The smallest absolute Gasteiger partial charge is 0.231 e. The Kier molecular flexibility index (Phi) is 3.09. The van der Waals surface area contributed by atoms with E-state index in [1.165, 1.54) is 0 Å². The Bertz CT molecular complexity index is 458. The first-order chi connectivity index (χ1) is 8.66. The number of nitrogens with one attached hydrogen (secondary N) is 1. The van der Waals surface area contributed by atoms with Gasteiger partial charge < -0.3 is 19.9 Å². The molecular weight excluding hydrogens is 254 g/mol. The SMILES string of the molecule is OC1(Cc2cc(Cl)c3c(c2)OCO3)CCCNC1. The van der Waals surface area contributed by atoms with Gasteiger partial charge in [0.2, 0.25) is 6.79 Å². The van der Waals surface area contributed by atoms with E-state index < -0.39 is 5.60 Å². The molecule has 0 radical (unpaired) electrons. The molecule has 0 saturated carbocycles. The molecule has 2 N–H and O–H groups in total. The van der Waals surface area contributed by atoms with E-state index in [4.69, 9.17) is 21.1 Å². The molecule has 1 aromatic carbocycles. The Morgan fingerprint density at radius 2 is 2.28 bits per heavy atom. The van der Waals surface area contributed by atoms with E-state index in [9.17, 15) is 5.11 Å². The maximum Gasteiger partial charge on any atom is 0.231 e. The second-order valence-corrected chi connectivity index (χ2v) is 5.40. The number of rotatable bonds is 2. The minimum Gasteiger partial charge on any atom is -0.454 e. The van der Waals surface area contributed by atoms with Gasteiger partial charge in [0.15, 0.2) is 11.5 Å². The highest BCUT2D eigenvalue weighted by molar-refractivity contribution is 6.32. The third-order valence-corrected chi connectivity index (χ3v) is 3.75. The van der Waals surface area contributed by atoms with Gasteiger partial charge in [-0.05, 0) is 37.1 Å². The first-order valence-corrected chi connectivity index (χ1v) is 6.55. The third-order valence-electron chi connectivity index (χ3n) is 3.47. The lowest BCUT2D eigenvalue weighted by Crippen LogP contribution is -2.47. The number of piperidine rings is 1. The largest absolute Gasteiger partial charge is 0.454 e. The zero-order valence-electron chi connectivity index (χ0n) is 10.0. The molecule has 2 aliphatic rings. The minimum absolute atomic E-state index is 0.213.